The van der Waals surface area contributed by atoms with Crippen molar-refractivity contribution in [1.29, 1.82) is 0 Å². The molecule has 3 rings (SSSR count). The third-order valence-electron chi connectivity index (χ3n) is 3.34. The molecule has 4 nitrogen and oxygen atoms in total. The van der Waals surface area contributed by atoms with Gasteiger partial charge in [0.25, 0.3) is 0 Å². The van der Waals surface area contributed by atoms with Gasteiger partial charge in [-0.05, 0) is 18.2 Å². The lowest BCUT2D eigenvalue weighted by molar-refractivity contribution is -0.116. The topological polar surface area (TPSA) is 46.9 Å². The molecule has 1 N–H and O–H groups in total. The van der Waals surface area contributed by atoms with Gasteiger partial charge in [0.2, 0.25) is 5.91 Å². The molecule has 1 amide bonds. The fourth-order valence-electron chi connectivity index (χ4n) is 2.21. The van der Waals surface area contributed by atoms with Gasteiger partial charge >= 0.3 is 0 Å². The summed E-state index contributed by atoms with van der Waals surface area (Å²) in [6.07, 6.45) is 2.29. The van der Waals surface area contributed by atoms with Gasteiger partial charge < -0.3 is 5.32 Å². The number of hydrogen-bond acceptors (Lipinski definition) is 2. The van der Waals surface area contributed by atoms with Gasteiger partial charge in [-0.2, -0.15) is 5.10 Å². The number of nitrogens with one attached hydrogen (secondary N) is 1. The van der Waals surface area contributed by atoms with Gasteiger partial charge in [-0.25, -0.2) is 0 Å². The number of amides is 1. The molecule has 22 heavy (non-hydrogen) atoms. The number of hydrogen-bond donors (Lipinski definition) is 1. The fraction of sp³-hybridized carbons (Fsp3) is 0.111. The molecule has 0 spiro atoms. The first-order valence-corrected chi connectivity index (χ1v) is 7.25. The number of para-hydroxylation sites is 1. The Labute approximate surface area is 129 Å². The van der Waals surface area contributed by atoms with E-state index in [0.29, 0.717) is 13.0 Å². The molecule has 0 bridgehead atoms. The molecule has 2 aromatic carbocycles. The fourth-order valence-corrected chi connectivity index (χ4v) is 2.21. The van der Waals surface area contributed by atoms with E-state index in [-0.39, 0.29) is 5.91 Å². The molecule has 0 aliphatic carbocycles. The minimum absolute atomic E-state index is 0.0111. The molecule has 0 aliphatic rings. The molecule has 3 aromatic rings. The van der Waals surface area contributed by atoms with Crippen molar-refractivity contribution in [3.05, 3.63) is 72.9 Å². The highest BCUT2D eigenvalue weighted by atomic mass is 16.1. The Morgan fingerprint density at radius 3 is 2.36 bits per heavy atom. The second-order valence-electron chi connectivity index (χ2n) is 4.99. The van der Waals surface area contributed by atoms with Crippen molar-refractivity contribution < 1.29 is 4.79 Å². The number of aryl methyl sites for hydroxylation is 1. The molecule has 0 fully saturated rings. The average molecular weight is 291 g/mol. The van der Waals surface area contributed by atoms with Gasteiger partial charge in [-0.15, -0.1) is 0 Å². The predicted octanol–water partition coefficient (Wildman–Crippen LogP) is 3.58. The minimum atomic E-state index is -0.0111. The van der Waals surface area contributed by atoms with Crippen molar-refractivity contribution in [3.63, 3.8) is 0 Å². The van der Waals surface area contributed by atoms with Crippen LogP contribution in [0.1, 0.15) is 6.42 Å². The van der Waals surface area contributed by atoms with E-state index in [1.807, 2.05) is 72.9 Å². The average Bonchev–Trinajstić information content (AvgIpc) is 3.04. The van der Waals surface area contributed by atoms with Crippen LogP contribution >= 0.6 is 0 Å². The number of carbonyl (C=O) groups is 1. The summed E-state index contributed by atoms with van der Waals surface area (Å²) in [5.41, 5.74) is 2.82. The van der Waals surface area contributed by atoms with E-state index in [4.69, 9.17) is 0 Å². The molecule has 0 aliphatic heterocycles. The van der Waals surface area contributed by atoms with Crippen LogP contribution in [0.5, 0.6) is 0 Å². The van der Waals surface area contributed by atoms with Gasteiger partial charge in [-0.1, -0.05) is 48.5 Å². The van der Waals surface area contributed by atoms with Crippen LogP contribution in [0.3, 0.4) is 0 Å². The summed E-state index contributed by atoms with van der Waals surface area (Å²) in [5, 5.41) is 7.37. The van der Waals surface area contributed by atoms with Crippen molar-refractivity contribution in [2.24, 2.45) is 0 Å². The summed E-state index contributed by atoms with van der Waals surface area (Å²) in [4.78, 5) is 11.9. The minimum Gasteiger partial charge on any atom is -0.326 e. The highest BCUT2D eigenvalue weighted by Gasteiger charge is 2.05. The largest absolute Gasteiger partial charge is 0.326 e. The van der Waals surface area contributed by atoms with Gasteiger partial charge in [0.1, 0.15) is 0 Å². The highest BCUT2D eigenvalue weighted by molar-refractivity contribution is 5.90. The Bertz CT molecular complexity index is 735. The van der Waals surface area contributed by atoms with E-state index in [1.165, 1.54) is 0 Å². The molecule has 110 valence electrons. The van der Waals surface area contributed by atoms with Crippen LogP contribution in [-0.4, -0.2) is 15.7 Å². The maximum atomic E-state index is 11.9. The van der Waals surface area contributed by atoms with Gasteiger partial charge in [0.15, 0.2) is 0 Å². The summed E-state index contributed by atoms with van der Waals surface area (Å²) in [6.45, 7) is 0.561. The zero-order valence-corrected chi connectivity index (χ0v) is 12.1. The maximum absolute atomic E-state index is 11.9. The van der Waals surface area contributed by atoms with E-state index in [9.17, 15) is 4.79 Å². The molecule has 0 unspecified atom stereocenters. The zero-order valence-electron chi connectivity index (χ0n) is 12.1. The lowest BCUT2D eigenvalue weighted by atomic mass is 10.2. The van der Waals surface area contributed by atoms with Gasteiger partial charge in [0.05, 0.1) is 5.69 Å². The molecule has 1 aromatic heterocycles. The predicted molar refractivity (Wildman–Crippen MR) is 87.4 cm³/mol. The monoisotopic (exact) mass is 291 g/mol. The molecule has 0 atom stereocenters. The number of carbonyl (C=O) groups excluding carboxylic acids is 1. The lowest BCUT2D eigenvalue weighted by Gasteiger charge is -2.05. The number of aromatic nitrogens is 2. The van der Waals surface area contributed by atoms with Crippen LogP contribution in [0, 0.1) is 0 Å². The lowest BCUT2D eigenvalue weighted by Crippen LogP contribution is -2.14. The van der Waals surface area contributed by atoms with Crippen molar-refractivity contribution >= 4 is 11.6 Å². The van der Waals surface area contributed by atoms with E-state index in [0.717, 1.165) is 16.9 Å². The Balaban J connectivity index is 1.56. The van der Waals surface area contributed by atoms with Gasteiger partial charge in [-0.3, -0.25) is 9.48 Å². The van der Waals surface area contributed by atoms with Gasteiger partial charge in [0, 0.05) is 30.4 Å². The van der Waals surface area contributed by atoms with Crippen LogP contribution in [0.25, 0.3) is 11.3 Å². The molecular formula is C18H17N3O. The van der Waals surface area contributed by atoms with Crippen LogP contribution in [0.4, 0.5) is 5.69 Å². The first-order chi connectivity index (χ1) is 10.8. The molecule has 0 saturated heterocycles. The quantitative estimate of drug-likeness (QED) is 0.781. The molecule has 4 heteroatoms. The molecule has 0 saturated carbocycles. The van der Waals surface area contributed by atoms with Crippen molar-refractivity contribution in [3.8, 4) is 11.3 Å². The molecule has 1 heterocycles. The van der Waals surface area contributed by atoms with Crippen LogP contribution in [-0.2, 0) is 11.3 Å². The van der Waals surface area contributed by atoms with Crippen LogP contribution in [0.2, 0.25) is 0 Å². The first-order valence-electron chi connectivity index (χ1n) is 7.25. The standard InChI is InChI=1S/C18H17N3O/c22-18(19-16-9-5-2-6-10-16)12-14-21-13-11-17(20-21)15-7-3-1-4-8-15/h1-11,13H,12,14H2,(H,19,22). The van der Waals surface area contributed by atoms with Crippen molar-refractivity contribution in [2.45, 2.75) is 13.0 Å². The van der Waals surface area contributed by atoms with Crippen molar-refractivity contribution in [1.82, 2.24) is 9.78 Å². The summed E-state index contributed by atoms with van der Waals surface area (Å²) in [5.74, 6) is -0.0111. The summed E-state index contributed by atoms with van der Waals surface area (Å²) >= 11 is 0. The Hall–Kier alpha value is -2.88. The SMILES string of the molecule is O=C(CCn1ccc(-c2ccccc2)n1)Nc1ccccc1. The maximum Gasteiger partial charge on any atom is 0.226 e. The van der Waals surface area contributed by atoms with Crippen LogP contribution in [0.15, 0.2) is 72.9 Å². The van der Waals surface area contributed by atoms with E-state index in [2.05, 4.69) is 10.4 Å². The normalized spacial score (nSPS) is 10.4. The number of benzene rings is 2. The number of rotatable bonds is 5. The van der Waals surface area contributed by atoms with Crippen LogP contribution < -0.4 is 5.32 Å². The smallest absolute Gasteiger partial charge is 0.226 e. The Morgan fingerprint density at radius 1 is 0.955 bits per heavy atom. The number of nitrogens with zero attached hydrogens (tertiary/aromatic N) is 2. The second-order valence-corrected chi connectivity index (χ2v) is 4.99. The zero-order chi connectivity index (χ0) is 15.2. The summed E-state index contributed by atoms with van der Waals surface area (Å²) < 4.78 is 1.80. The third-order valence-corrected chi connectivity index (χ3v) is 3.34. The Kier molecular flexibility index (Phi) is 4.30. The molecule has 0 radical (unpaired) electrons. The van der Waals surface area contributed by atoms with E-state index < -0.39 is 0 Å². The third kappa shape index (κ3) is 3.61. The first kappa shape index (κ1) is 14.1. The van der Waals surface area contributed by atoms with E-state index >= 15 is 0 Å². The highest BCUT2D eigenvalue weighted by Crippen LogP contribution is 2.16. The number of anilines is 1. The van der Waals surface area contributed by atoms with Crippen molar-refractivity contribution in [2.75, 3.05) is 5.32 Å². The molecular weight excluding hydrogens is 274 g/mol. The Morgan fingerprint density at radius 2 is 1.64 bits per heavy atom. The van der Waals surface area contributed by atoms with E-state index in [1.54, 1.807) is 4.68 Å². The second kappa shape index (κ2) is 6.72. The summed E-state index contributed by atoms with van der Waals surface area (Å²) in [7, 11) is 0. The summed E-state index contributed by atoms with van der Waals surface area (Å²) in [6, 6.07) is 21.4.